The van der Waals surface area contributed by atoms with E-state index >= 15 is 0 Å². The fourth-order valence-corrected chi connectivity index (χ4v) is 2.98. The predicted molar refractivity (Wildman–Crippen MR) is 75.9 cm³/mol. The molecule has 1 aromatic heterocycles. The molecule has 1 fully saturated rings. The van der Waals surface area contributed by atoms with Crippen LogP contribution in [-0.4, -0.2) is 30.3 Å². The highest BCUT2D eigenvalue weighted by Gasteiger charge is 2.24. The van der Waals surface area contributed by atoms with Crippen LogP contribution in [0.2, 0.25) is 0 Å². The topological polar surface area (TPSA) is 70.6 Å². The molecular formula is C13H21N3OS. The van der Waals surface area contributed by atoms with Crippen molar-refractivity contribution < 1.29 is 5.11 Å². The number of hydrogen-bond donors (Lipinski definition) is 3. The molecule has 4 nitrogen and oxygen atoms in total. The van der Waals surface area contributed by atoms with Gasteiger partial charge in [-0.05, 0) is 30.7 Å². The first kappa shape index (κ1) is 13.4. The van der Waals surface area contributed by atoms with E-state index < -0.39 is 0 Å². The van der Waals surface area contributed by atoms with Gasteiger partial charge in [-0.25, -0.2) is 0 Å². The number of aliphatic hydroxyl groups is 1. The van der Waals surface area contributed by atoms with E-state index in [0.29, 0.717) is 18.4 Å². The molecule has 0 aliphatic heterocycles. The van der Waals surface area contributed by atoms with Crippen LogP contribution in [0.4, 0.5) is 0 Å². The fourth-order valence-electron chi connectivity index (χ4n) is 2.27. The summed E-state index contributed by atoms with van der Waals surface area (Å²) in [6.45, 7) is 1.45. The zero-order valence-electron chi connectivity index (χ0n) is 10.5. The van der Waals surface area contributed by atoms with Gasteiger partial charge in [-0.15, -0.1) is 11.3 Å². The Balaban J connectivity index is 1.66. The smallest absolute Gasteiger partial charge is 0.188 e. The SMILES string of the molecule is NC(=NC[C@H]1CCC[C@@H]1O)NCCc1cccs1. The summed E-state index contributed by atoms with van der Waals surface area (Å²) in [5.74, 6) is 0.785. The number of nitrogens with one attached hydrogen (secondary N) is 1. The average Bonchev–Trinajstić information content (AvgIpc) is 2.98. The molecule has 18 heavy (non-hydrogen) atoms. The van der Waals surface area contributed by atoms with Gasteiger partial charge in [0.15, 0.2) is 5.96 Å². The molecule has 0 radical (unpaired) electrons. The molecule has 1 heterocycles. The minimum atomic E-state index is -0.187. The van der Waals surface area contributed by atoms with Crippen molar-refractivity contribution in [1.82, 2.24) is 5.32 Å². The minimum absolute atomic E-state index is 0.187. The number of nitrogens with two attached hydrogens (primary N) is 1. The molecule has 4 N–H and O–H groups in total. The first-order valence-electron chi connectivity index (χ1n) is 6.50. The van der Waals surface area contributed by atoms with Gasteiger partial charge in [-0.1, -0.05) is 12.5 Å². The third-order valence-electron chi connectivity index (χ3n) is 3.37. The van der Waals surface area contributed by atoms with Crippen LogP contribution in [0, 0.1) is 5.92 Å². The number of nitrogens with zero attached hydrogens (tertiary/aromatic N) is 1. The van der Waals surface area contributed by atoms with Gasteiger partial charge >= 0.3 is 0 Å². The Hall–Kier alpha value is -1.07. The second kappa shape index (κ2) is 6.75. The van der Waals surface area contributed by atoms with Crippen molar-refractivity contribution in [3.8, 4) is 0 Å². The van der Waals surface area contributed by atoms with E-state index in [0.717, 1.165) is 32.2 Å². The largest absolute Gasteiger partial charge is 0.393 e. The van der Waals surface area contributed by atoms with Crippen LogP contribution in [-0.2, 0) is 6.42 Å². The first-order chi connectivity index (χ1) is 8.75. The maximum Gasteiger partial charge on any atom is 0.188 e. The minimum Gasteiger partial charge on any atom is -0.393 e. The lowest BCUT2D eigenvalue weighted by atomic mass is 10.1. The van der Waals surface area contributed by atoms with Crippen molar-refractivity contribution in [3.63, 3.8) is 0 Å². The van der Waals surface area contributed by atoms with Crippen molar-refractivity contribution in [3.05, 3.63) is 22.4 Å². The van der Waals surface area contributed by atoms with E-state index in [2.05, 4.69) is 27.8 Å². The fraction of sp³-hybridized carbons (Fsp3) is 0.615. The van der Waals surface area contributed by atoms with Gasteiger partial charge in [0.25, 0.3) is 0 Å². The first-order valence-corrected chi connectivity index (χ1v) is 7.38. The maximum atomic E-state index is 9.67. The van der Waals surface area contributed by atoms with Crippen LogP contribution in [0.3, 0.4) is 0 Å². The van der Waals surface area contributed by atoms with Crippen LogP contribution in [0.1, 0.15) is 24.1 Å². The van der Waals surface area contributed by atoms with E-state index in [1.54, 1.807) is 11.3 Å². The van der Waals surface area contributed by atoms with E-state index in [1.165, 1.54) is 4.88 Å². The summed E-state index contributed by atoms with van der Waals surface area (Å²) in [4.78, 5) is 5.65. The van der Waals surface area contributed by atoms with Crippen molar-refractivity contribution in [2.24, 2.45) is 16.6 Å². The van der Waals surface area contributed by atoms with Gasteiger partial charge in [-0.2, -0.15) is 0 Å². The molecule has 1 aromatic rings. The predicted octanol–water partition coefficient (Wildman–Crippen LogP) is 1.36. The number of aliphatic imine (C=N–C) groups is 1. The van der Waals surface area contributed by atoms with Gasteiger partial charge < -0.3 is 16.2 Å². The molecule has 0 saturated heterocycles. The van der Waals surface area contributed by atoms with Gasteiger partial charge in [-0.3, -0.25) is 4.99 Å². The highest BCUT2D eigenvalue weighted by Crippen LogP contribution is 2.25. The molecule has 0 spiro atoms. The van der Waals surface area contributed by atoms with Gasteiger partial charge in [0.05, 0.1) is 6.10 Å². The molecule has 5 heteroatoms. The number of thiophene rings is 1. The number of aliphatic hydroxyl groups excluding tert-OH is 1. The van der Waals surface area contributed by atoms with E-state index in [-0.39, 0.29) is 6.10 Å². The quantitative estimate of drug-likeness (QED) is 0.557. The molecule has 2 rings (SSSR count). The summed E-state index contributed by atoms with van der Waals surface area (Å²) in [5, 5.41) is 14.9. The third-order valence-corrected chi connectivity index (χ3v) is 4.31. The maximum absolute atomic E-state index is 9.67. The number of guanidine groups is 1. The van der Waals surface area contributed by atoms with Crippen molar-refractivity contribution >= 4 is 17.3 Å². The summed E-state index contributed by atoms with van der Waals surface area (Å²) in [5.41, 5.74) is 5.80. The normalized spacial score (nSPS) is 24.4. The lowest BCUT2D eigenvalue weighted by Crippen LogP contribution is -2.34. The summed E-state index contributed by atoms with van der Waals surface area (Å²) >= 11 is 1.75. The van der Waals surface area contributed by atoms with Crippen LogP contribution in [0.5, 0.6) is 0 Å². The van der Waals surface area contributed by atoms with Gasteiger partial charge in [0.1, 0.15) is 0 Å². The molecule has 2 atom stereocenters. The molecule has 0 bridgehead atoms. The van der Waals surface area contributed by atoms with Gasteiger partial charge in [0, 0.05) is 23.9 Å². The summed E-state index contributed by atoms with van der Waals surface area (Å²) in [7, 11) is 0. The Kier molecular flexibility index (Phi) is 5.01. The number of rotatable bonds is 5. The summed E-state index contributed by atoms with van der Waals surface area (Å²) in [6.07, 6.45) is 3.86. The van der Waals surface area contributed by atoms with Crippen molar-refractivity contribution in [2.75, 3.05) is 13.1 Å². The lowest BCUT2D eigenvalue weighted by Gasteiger charge is -2.12. The zero-order valence-corrected chi connectivity index (χ0v) is 11.3. The summed E-state index contributed by atoms with van der Waals surface area (Å²) < 4.78 is 0. The van der Waals surface area contributed by atoms with E-state index in [4.69, 9.17) is 5.73 Å². The second-order valence-electron chi connectivity index (χ2n) is 4.74. The van der Waals surface area contributed by atoms with E-state index in [9.17, 15) is 5.11 Å². The molecule has 100 valence electrons. The molecule has 0 amide bonds. The summed E-state index contributed by atoms with van der Waals surface area (Å²) in [6, 6.07) is 4.17. The lowest BCUT2D eigenvalue weighted by molar-refractivity contribution is 0.136. The highest BCUT2D eigenvalue weighted by molar-refractivity contribution is 7.09. The van der Waals surface area contributed by atoms with Crippen LogP contribution >= 0.6 is 11.3 Å². The Bertz CT molecular complexity index is 378. The van der Waals surface area contributed by atoms with Crippen LogP contribution < -0.4 is 11.1 Å². The Morgan fingerprint density at radius 1 is 1.56 bits per heavy atom. The average molecular weight is 267 g/mol. The van der Waals surface area contributed by atoms with Crippen molar-refractivity contribution in [2.45, 2.75) is 31.8 Å². The standard InChI is InChI=1S/C13H21N3OS/c14-13(15-7-6-11-4-2-8-18-11)16-9-10-3-1-5-12(10)17/h2,4,8,10,12,17H,1,3,5-7,9H2,(H3,14,15,16)/t10-,12+/m1/s1. The monoisotopic (exact) mass is 267 g/mol. The van der Waals surface area contributed by atoms with Crippen molar-refractivity contribution in [1.29, 1.82) is 0 Å². The Labute approximate surface area is 112 Å². The molecule has 1 aliphatic carbocycles. The highest BCUT2D eigenvalue weighted by atomic mass is 32.1. The Morgan fingerprint density at radius 2 is 2.44 bits per heavy atom. The second-order valence-corrected chi connectivity index (χ2v) is 5.77. The third kappa shape index (κ3) is 3.99. The molecule has 0 aromatic carbocycles. The molecule has 1 aliphatic rings. The molecule has 1 saturated carbocycles. The zero-order chi connectivity index (χ0) is 12.8. The van der Waals surface area contributed by atoms with Crippen LogP contribution in [0.15, 0.2) is 22.5 Å². The van der Waals surface area contributed by atoms with E-state index in [1.807, 2.05) is 0 Å². The Morgan fingerprint density at radius 3 is 3.11 bits per heavy atom. The number of hydrogen-bond acceptors (Lipinski definition) is 3. The van der Waals surface area contributed by atoms with Crippen LogP contribution in [0.25, 0.3) is 0 Å². The molecular weight excluding hydrogens is 246 g/mol. The van der Waals surface area contributed by atoms with Gasteiger partial charge in [0.2, 0.25) is 0 Å². The molecule has 0 unspecified atom stereocenters.